The Hall–Kier alpha value is -1.26. The third-order valence-electron chi connectivity index (χ3n) is 2.71. The van der Waals surface area contributed by atoms with E-state index in [0.29, 0.717) is 12.0 Å². The Labute approximate surface area is 103 Å². The monoisotopic (exact) mass is 253 g/mol. The second-order valence-electron chi connectivity index (χ2n) is 3.84. The Balaban J connectivity index is 2.23. The fourth-order valence-electron chi connectivity index (χ4n) is 1.80. The summed E-state index contributed by atoms with van der Waals surface area (Å²) in [4.78, 5) is 0. The summed E-state index contributed by atoms with van der Waals surface area (Å²) in [5.41, 5.74) is 1.65. The van der Waals surface area contributed by atoms with Crippen molar-refractivity contribution < 1.29 is 8.78 Å². The highest BCUT2D eigenvalue weighted by Gasteiger charge is 2.15. The molecule has 0 aliphatic rings. The van der Waals surface area contributed by atoms with E-state index in [0.717, 1.165) is 11.6 Å². The fraction of sp³-hybridized carbons (Fsp3) is 0.231. The van der Waals surface area contributed by atoms with Gasteiger partial charge in [-0.3, -0.25) is 0 Å². The van der Waals surface area contributed by atoms with Crippen LogP contribution in [0.25, 0.3) is 0 Å². The summed E-state index contributed by atoms with van der Waals surface area (Å²) in [5, 5.41) is 7.08. The quantitative estimate of drug-likeness (QED) is 0.879. The predicted molar refractivity (Wildman–Crippen MR) is 66.2 cm³/mol. The molecule has 0 spiro atoms. The van der Waals surface area contributed by atoms with Crippen LogP contribution in [0.5, 0.6) is 0 Å². The molecule has 0 aliphatic heterocycles. The molecule has 1 aromatic carbocycles. The normalized spacial score (nSPS) is 12.6. The van der Waals surface area contributed by atoms with E-state index in [2.05, 4.69) is 5.32 Å². The Morgan fingerprint density at radius 3 is 2.71 bits per heavy atom. The van der Waals surface area contributed by atoms with E-state index in [9.17, 15) is 8.78 Å². The highest BCUT2D eigenvalue weighted by Crippen LogP contribution is 2.22. The van der Waals surface area contributed by atoms with Crippen molar-refractivity contribution in [3.05, 3.63) is 57.8 Å². The van der Waals surface area contributed by atoms with Crippen LogP contribution in [0.2, 0.25) is 0 Å². The molecule has 1 atom stereocenters. The zero-order valence-corrected chi connectivity index (χ0v) is 10.2. The topological polar surface area (TPSA) is 12.0 Å². The third kappa shape index (κ3) is 2.90. The van der Waals surface area contributed by atoms with Crippen LogP contribution in [-0.4, -0.2) is 7.05 Å². The summed E-state index contributed by atoms with van der Waals surface area (Å²) in [5.74, 6) is -1.05. The Morgan fingerprint density at radius 1 is 1.29 bits per heavy atom. The zero-order valence-electron chi connectivity index (χ0n) is 9.41. The molecule has 1 nitrogen and oxygen atoms in total. The number of thiophene rings is 1. The molecule has 1 N–H and O–H groups in total. The van der Waals surface area contributed by atoms with E-state index in [1.165, 1.54) is 12.1 Å². The number of benzene rings is 1. The molecule has 0 saturated carbocycles. The molecule has 0 radical (unpaired) electrons. The molecule has 4 heteroatoms. The lowest BCUT2D eigenvalue weighted by Crippen LogP contribution is -2.20. The van der Waals surface area contributed by atoms with Crippen molar-refractivity contribution in [1.29, 1.82) is 0 Å². The first-order valence-electron chi connectivity index (χ1n) is 5.34. The minimum Gasteiger partial charge on any atom is -0.313 e. The number of rotatable bonds is 4. The van der Waals surface area contributed by atoms with Crippen molar-refractivity contribution in [3.8, 4) is 0 Å². The fourth-order valence-corrected chi connectivity index (χ4v) is 2.48. The first kappa shape index (κ1) is 12.2. The van der Waals surface area contributed by atoms with Gasteiger partial charge in [0.1, 0.15) is 11.6 Å². The molecule has 0 saturated heterocycles. The molecular formula is C13H13F2NS. The SMILES string of the molecule is CNC(Cc1ccsc1)c1ccc(F)cc1F. The van der Waals surface area contributed by atoms with Crippen molar-refractivity contribution in [2.45, 2.75) is 12.5 Å². The molecule has 0 amide bonds. The van der Waals surface area contributed by atoms with Gasteiger partial charge in [0, 0.05) is 17.7 Å². The van der Waals surface area contributed by atoms with Crippen molar-refractivity contribution in [2.75, 3.05) is 7.05 Å². The summed E-state index contributed by atoms with van der Waals surface area (Å²) in [7, 11) is 1.78. The minimum absolute atomic E-state index is 0.134. The molecule has 2 rings (SSSR count). The standard InChI is InChI=1S/C13H13F2NS/c1-16-13(6-9-4-5-17-8-9)11-3-2-10(14)7-12(11)15/h2-5,7-8,13,16H,6H2,1H3. The van der Waals surface area contributed by atoms with Gasteiger partial charge in [-0.05, 0) is 41.9 Å². The van der Waals surface area contributed by atoms with Gasteiger partial charge < -0.3 is 5.32 Å². The van der Waals surface area contributed by atoms with Crippen LogP contribution in [0.4, 0.5) is 8.78 Å². The number of nitrogens with one attached hydrogen (secondary N) is 1. The molecule has 2 aromatic rings. The van der Waals surface area contributed by atoms with Crippen molar-refractivity contribution in [1.82, 2.24) is 5.32 Å². The highest BCUT2D eigenvalue weighted by atomic mass is 32.1. The third-order valence-corrected chi connectivity index (χ3v) is 3.44. The lowest BCUT2D eigenvalue weighted by Gasteiger charge is -2.16. The summed E-state index contributed by atoms with van der Waals surface area (Å²) in [6, 6.07) is 5.59. The molecule has 0 bridgehead atoms. The Kier molecular flexibility index (Phi) is 3.86. The molecule has 0 fully saturated rings. The van der Waals surface area contributed by atoms with Gasteiger partial charge in [-0.2, -0.15) is 11.3 Å². The molecule has 1 aromatic heterocycles. The molecule has 0 aliphatic carbocycles. The Morgan fingerprint density at radius 2 is 2.12 bits per heavy atom. The Bertz CT molecular complexity index is 482. The first-order valence-corrected chi connectivity index (χ1v) is 6.28. The maximum Gasteiger partial charge on any atom is 0.130 e. The average molecular weight is 253 g/mol. The van der Waals surface area contributed by atoms with E-state index < -0.39 is 11.6 Å². The van der Waals surface area contributed by atoms with Gasteiger partial charge in [-0.15, -0.1) is 0 Å². The van der Waals surface area contributed by atoms with Crippen LogP contribution >= 0.6 is 11.3 Å². The van der Waals surface area contributed by atoms with E-state index in [4.69, 9.17) is 0 Å². The van der Waals surface area contributed by atoms with Crippen LogP contribution < -0.4 is 5.32 Å². The molecule has 17 heavy (non-hydrogen) atoms. The van der Waals surface area contributed by atoms with Gasteiger partial charge in [0.2, 0.25) is 0 Å². The van der Waals surface area contributed by atoms with E-state index in [1.807, 2.05) is 16.8 Å². The lowest BCUT2D eigenvalue weighted by molar-refractivity contribution is 0.522. The number of hydrogen-bond donors (Lipinski definition) is 1. The van der Waals surface area contributed by atoms with Crippen molar-refractivity contribution in [3.63, 3.8) is 0 Å². The number of halogens is 2. The van der Waals surface area contributed by atoms with Gasteiger partial charge >= 0.3 is 0 Å². The van der Waals surface area contributed by atoms with Gasteiger partial charge in [-0.1, -0.05) is 6.07 Å². The lowest BCUT2D eigenvalue weighted by atomic mass is 10.00. The van der Waals surface area contributed by atoms with Gasteiger partial charge in [0.05, 0.1) is 0 Å². The molecule has 1 unspecified atom stereocenters. The summed E-state index contributed by atoms with van der Waals surface area (Å²) >= 11 is 1.61. The maximum atomic E-state index is 13.6. The van der Waals surface area contributed by atoms with Crippen molar-refractivity contribution >= 4 is 11.3 Å². The molecular weight excluding hydrogens is 240 g/mol. The maximum absolute atomic E-state index is 13.6. The second-order valence-corrected chi connectivity index (χ2v) is 4.62. The predicted octanol–water partition coefficient (Wildman–Crippen LogP) is 3.53. The summed E-state index contributed by atoms with van der Waals surface area (Å²) < 4.78 is 26.5. The minimum atomic E-state index is -0.545. The van der Waals surface area contributed by atoms with Crippen LogP contribution in [0.3, 0.4) is 0 Å². The number of likely N-dealkylation sites (N-methyl/N-ethyl adjacent to an activating group) is 1. The number of hydrogen-bond acceptors (Lipinski definition) is 2. The van der Waals surface area contributed by atoms with Crippen LogP contribution in [-0.2, 0) is 6.42 Å². The van der Waals surface area contributed by atoms with Gasteiger partial charge in [0.15, 0.2) is 0 Å². The van der Waals surface area contributed by atoms with Crippen molar-refractivity contribution in [2.24, 2.45) is 0 Å². The molecule has 1 heterocycles. The average Bonchev–Trinajstić information content (AvgIpc) is 2.79. The molecule has 90 valence electrons. The van der Waals surface area contributed by atoms with Gasteiger partial charge in [0.25, 0.3) is 0 Å². The van der Waals surface area contributed by atoms with Crippen LogP contribution in [0.1, 0.15) is 17.2 Å². The summed E-state index contributed by atoms with van der Waals surface area (Å²) in [6.45, 7) is 0. The first-order chi connectivity index (χ1) is 8.20. The smallest absolute Gasteiger partial charge is 0.130 e. The largest absolute Gasteiger partial charge is 0.313 e. The zero-order chi connectivity index (χ0) is 12.3. The van der Waals surface area contributed by atoms with E-state index in [-0.39, 0.29) is 6.04 Å². The van der Waals surface area contributed by atoms with Crippen LogP contribution in [0.15, 0.2) is 35.0 Å². The van der Waals surface area contributed by atoms with E-state index >= 15 is 0 Å². The second kappa shape index (κ2) is 5.38. The summed E-state index contributed by atoms with van der Waals surface area (Å²) in [6.07, 6.45) is 0.697. The van der Waals surface area contributed by atoms with E-state index in [1.54, 1.807) is 18.4 Å². The highest BCUT2D eigenvalue weighted by molar-refractivity contribution is 7.07. The van der Waals surface area contributed by atoms with Gasteiger partial charge in [-0.25, -0.2) is 8.78 Å². The van der Waals surface area contributed by atoms with Crippen LogP contribution in [0, 0.1) is 11.6 Å².